The lowest BCUT2D eigenvalue weighted by atomic mass is 10.1. The highest BCUT2D eigenvalue weighted by atomic mass is 16.5. The number of carbonyl (C=O) groups excluding carboxylic acids is 2. The van der Waals surface area contributed by atoms with Gasteiger partial charge in [0.15, 0.2) is 0 Å². The molecule has 0 bridgehead atoms. The number of nitrogens with zero attached hydrogens (tertiary/aromatic N) is 1. The Morgan fingerprint density at radius 2 is 2.36 bits per heavy atom. The Kier molecular flexibility index (Phi) is 4.29. The van der Waals surface area contributed by atoms with Crippen molar-refractivity contribution in [3.63, 3.8) is 0 Å². The zero-order chi connectivity index (χ0) is 15.5. The van der Waals surface area contributed by atoms with Gasteiger partial charge in [-0.3, -0.25) is 9.59 Å². The summed E-state index contributed by atoms with van der Waals surface area (Å²) < 4.78 is 4.95. The molecule has 1 atom stereocenters. The molecule has 2 aliphatic rings. The highest BCUT2D eigenvalue weighted by Gasteiger charge is 2.36. The third-order valence-corrected chi connectivity index (χ3v) is 4.19. The Labute approximate surface area is 129 Å². The van der Waals surface area contributed by atoms with E-state index in [4.69, 9.17) is 4.74 Å². The first kappa shape index (κ1) is 14.8. The molecule has 2 N–H and O–H groups in total. The fourth-order valence-corrected chi connectivity index (χ4v) is 3.09. The lowest BCUT2D eigenvalue weighted by Crippen LogP contribution is -2.44. The molecule has 3 rings (SSSR count). The van der Waals surface area contributed by atoms with Crippen LogP contribution >= 0.6 is 0 Å². The van der Waals surface area contributed by atoms with E-state index in [1.165, 1.54) is 0 Å². The van der Waals surface area contributed by atoms with Gasteiger partial charge in [0, 0.05) is 32.4 Å². The lowest BCUT2D eigenvalue weighted by molar-refractivity contribution is -0.117. The fraction of sp³-hybridized carbons (Fsp3) is 0.500. The molecule has 1 saturated heterocycles. The normalized spacial score (nSPS) is 19.4. The van der Waals surface area contributed by atoms with Crippen molar-refractivity contribution in [1.82, 2.24) is 5.32 Å². The molecule has 2 heterocycles. The second-order valence-electron chi connectivity index (χ2n) is 5.67. The summed E-state index contributed by atoms with van der Waals surface area (Å²) in [7, 11) is 1.64. The fourth-order valence-electron chi connectivity index (χ4n) is 3.09. The van der Waals surface area contributed by atoms with Crippen LogP contribution in [0.25, 0.3) is 0 Å². The second kappa shape index (κ2) is 6.36. The van der Waals surface area contributed by atoms with E-state index in [1.807, 2.05) is 12.1 Å². The molecule has 118 valence electrons. The van der Waals surface area contributed by atoms with Crippen LogP contribution in [0.2, 0.25) is 0 Å². The topological polar surface area (TPSA) is 70.7 Å². The number of hydrogen-bond acceptors (Lipinski definition) is 4. The van der Waals surface area contributed by atoms with Crippen molar-refractivity contribution in [2.45, 2.75) is 25.3 Å². The number of methoxy groups -OCH3 is 1. The van der Waals surface area contributed by atoms with Crippen molar-refractivity contribution < 1.29 is 14.3 Å². The first-order valence-corrected chi connectivity index (χ1v) is 7.69. The van der Waals surface area contributed by atoms with Crippen molar-refractivity contribution in [3.05, 3.63) is 23.8 Å². The molecule has 0 aromatic heterocycles. The molecular formula is C16H21N3O3. The van der Waals surface area contributed by atoms with Gasteiger partial charge in [0.1, 0.15) is 6.04 Å². The maximum atomic E-state index is 12.1. The monoisotopic (exact) mass is 303 g/mol. The highest BCUT2D eigenvalue weighted by Crippen LogP contribution is 2.37. The van der Waals surface area contributed by atoms with Crippen molar-refractivity contribution in [1.29, 1.82) is 0 Å². The van der Waals surface area contributed by atoms with Gasteiger partial charge in [-0.05, 0) is 37.5 Å². The standard InChI is InChI=1S/C16H21N3O3/c1-22-9-3-7-17-15(20)11-5-6-13-12(10-11)18-16(21)14-4-2-8-19(13)14/h5-6,10,14H,2-4,7-9H2,1H3,(H,17,20)(H,18,21). The molecule has 2 amide bonds. The summed E-state index contributed by atoms with van der Waals surface area (Å²) in [6.45, 7) is 2.09. The van der Waals surface area contributed by atoms with Crippen LogP contribution in [0.3, 0.4) is 0 Å². The predicted molar refractivity (Wildman–Crippen MR) is 84.3 cm³/mol. The van der Waals surface area contributed by atoms with Gasteiger partial charge in [-0.25, -0.2) is 0 Å². The summed E-state index contributed by atoms with van der Waals surface area (Å²) in [6.07, 6.45) is 2.70. The highest BCUT2D eigenvalue weighted by molar-refractivity contribution is 6.06. The van der Waals surface area contributed by atoms with Crippen LogP contribution in [0.5, 0.6) is 0 Å². The number of fused-ring (bicyclic) bond motifs is 3. The largest absolute Gasteiger partial charge is 0.385 e. The van der Waals surface area contributed by atoms with Gasteiger partial charge in [-0.2, -0.15) is 0 Å². The van der Waals surface area contributed by atoms with Crippen LogP contribution < -0.4 is 15.5 Å². The molecule has 0 radical (unpaired) electrons. The molecule has 1 aromatic rings. The summed E-state index contributed by atoms with van der Waals surface area (Å²) in [5.74, 6) is -0.0978. The minimum Gasteiger partial charge on any atom is -0.385 e. The molecule has 1 fully saturated rings. The molecule has 6 heteroatoms. The average Bonchev–Trinajstić information content (AvgIpc) is 3.01. The number of anilines is 2. The van der Waals surface area contributed by atoms with E-state index in [9.17, 15) is 9.59 Å². The van der Waals surface area contributed by atoms with E-state index in [0.29, 0.717) is 18.7 Å². The Morgan fingerprint density at radius 1 is 1.50 bits per heavy atom. The van der Waals surface area contributed by atoms with Crippen LogP contribution in [0, 0.1) is 0 Å². The smallest absolute Gasteiger partial charge is 0.251 e. The van der Waals surface area contributed by atoms with E-state index in [1.54, 1.807) is 13.2 Å². The Hall–Kier alpha value is -2.08. The summed E-state index contributed by atoms with van der Waals surface area (Å²) in [6, 6.07) is 5.45. The van der Waals surface area contributed by atoms with E-state index >= 15 is 0 Å². The zero-order valence-electron chi connectivity index (χ0n) is 12.7. The number of rotatable bonds is 5. The summed E-state index contributed by atoms with van der Waals surface area (Å²) in [5, 5.41) is 5.78. The van der Waals surface area contributed by atoms with E-state index in [2.05, 4.69) is 15.5 Å². The van der Waals surface area contributed by atoms with Gasteiger partial charge in [-0.15, -0.1) is 0 Å². The third-order valence-electron chi connectivity index (χ3n) is 4.19. The number of hydrogen-bond donors (Lipinski definition) is 2. The van der Waals surface area contributed by atoms with Crippen molar-refractivity contribution in [2.75, 3.05) is 37.0 Å². The van der Waals surface area contributed by atoms with Crippen LogP contribution in [-0.2, 0) is 9.53 Å². The number of ether oxygens (including phenoxy) is 1. The van der Waals surface area contributed by atoms with E-state index in [-0.39, 0.29) is 17.9 Å². The molecule has 0 saturated carbocycles. The SMILES string of the molecule is COCCCNC(=O)c1ccc2c(c1)NC(=O)C1CCCN21. The van der Waals surface area contributed by atoms with E-state index < -0.39 is 0 Å². The minimum absolute atomic E-state index is 0.0302. The van der Waals surface area contributed by atoms with Crippen molar-refractivity contribution in [3.8, 4) is 0 Å². The summed E-state index contributed by atoms with van der Waals surface area (Å²) >= 11 is 0. The number of amides is 2. The molecule has 22 heavy (non-hydrogen) atoms. The van der Waals surface area contributed by atoms with Gasteiger partial charge < -0.3 is 20.3 Å². The maximum absolute atomic E-state index is 12.1. The predicted octanol–water partition coefficient (Wildman–Crippen LogP) is 1.37. The Bertz CT molecular complexity index is 588. The summed E-state index contributed by atoms with van der Waals surface area (Å²) in [5.41, 5.74) is 2.31. The average molecular weight is 303 g/mol. The van der Waals surface area contributed by atoms with Crippen LogP contribution in [-0.4, -0.2) is 44.7 Å². The first-order valence-electron chi connectivity index (χ1n) is 7.69. The number of benzene rings is 1. The quantitative estimate of drug-likeness (QED) is 0.806. The van der Waals surface area contributed by atoms with Crippen LogP contribution in [0.15, 0.2) is 18.2 Å². The van der Waals surface area contributed by atoms with Crippen LogP contribution in [0.1, 0.15) is 29.6 Å². The first-order chi connectivity index (χ1) is 10.7. The van der Waals surface area contributed by atoms with Gasteiger partial charge in [0.05, 0.1) is 11.4 Å². The van der Waals surface area contributed by atoms with Gasteiger partial charge in [0.25, 0.3) is 5.91 Å². The number of nitrogens with one attached hydrogen (secondary N) is 2. The maximum Gasteiger partial charge on any atom is 0.251 e. The zero-order valence-corrected chi connectivity index (χ0v) is 12.7. The third kappa shape index (κ3) is 2.78. The lowest BCUT2D eigenvalue weighted by Gasteiger charge is -2.33. The molecule has 6 nitrogen and oxygen atoms in total. The molecule has 2 aliphatic heterocycles. The van der Waals surface area contributed by atoms with Gasteiger partial charge in [-0.1, -0.05) is 0 Å². The van der Waals surface area contributed by atoms with Gasteiger partial charge in [0.2, 0.25) is 5.91 Å². The Morgan fingerprint density at radius 3 is 3.18 bits per heavy atom. The summed E-state index contributed by atoms with van der Waals surface area (Å²) in [4.78, 5) is 26.4. The molecule has 1 aromatic carbocycles. The minimum atomic E-state index is -0.128. The van der Waals surface area contributed by atoms with Crippen molar-refractivity contribution >= 4 is 23.2 Å². The molecular weight excluding hydrogens is 282 g/mol. The second-order valence-corrected chi connectivity index (χ2v) is 5.67. The van der Waals surface area contributed by atoms with E-state index in [0.717, 1.165) is 37.2 Å². The molecule has 0 aliphatic carbocycles. The van der Waals surface area contributed by atoms with Crippen molar-refractivity contribution in [2.24, 2.45) is 0 Å². The molecule has 1 unspecified atom stereocenters. The number of carbonyl (C=O) groups is 2. The van der Waals surface area contributed by atoms with Gasteiger partial charge >= 0.3 is 0 Å². The Balaban J connectivity index is 1.72. The van der Waals surface area contributed by atoms with Crippen LogP contribution in [0.4, 0.5) is 11.4 Å². The molecule has 0 spiro atoms.